The van der Waals surface area contributed by atoms with Crippen LogP contribution in [-0.4, -0.2) is 49.4 Å². The molecule has 1 fully saturated rings. The Hall–Kier alpha value is -2.82. The van der Waals surface area contributed by atoms with Crippen LogP contribution >= 0.6 is 0 Å². The highest BCUT2D eigenvalue weighted by Gasteiger charge is 2.38. The number of hydrogen-bond acceptors (Lipinski definition) is 4. The van der Waals surface area contributed by atoms with Gasteiger partial charge < -0.3 is 9.80 Å². The van der Waals surface area contributed by atoms with Crippen LogP contribution < -0.4 is 9.80 Å². The smallest absolute Gasteiger partial charge is 0.263 e. The molecule has 2 aromatic carbocycles. The van der Waals surface area contributed by atoms with Gasteiger partial charge in [-0.15, -0.1) is 0 Å². The Bertz CT molecular complexity index is 826. The topological polar surface area (TPSA) is 43.9 Å². The number of piperazine rings is 1. The second kappa shape index (κ2) is 6.83. The highest BCUT2D eigenvalue weighted by atomic mass is 16.2. The number of amides is 2. The third-order valence-electron chi connectivity index (χ3n) is 5.17. The molecule has 0 spiro atoms. The van der Waals surface area contributed by atoms with Crippen LogP contribution in [0.25, 0.3) is 0 Å². The molecule has 0 atom stereocenters. The monoisotopic (exact) mass is 349 g/mol. The normalized spacial score (nSPS) is 17.0. The zero-order chi connectivity index (χ0) is 18.1. The molecule has 0 saturated carbocycles. The second-order valence-corrected chi connectivity index (χ2v) is 6.77. The third-order valence-corrected chi connectivity index (χ3v) is 5.17. The quantitative estimate of drug-likeness (QED) is 0.796. The average Bonchev–Trinajstić information content (AvgIpc) is 2.94. The van der Waals surface area contributed by atoms with Gasteiger partial charge in [-0.3, -0.25) is 14.5 Å². The van der Waals surface area contributed by atoms with Crippen LogP contribution in [0.4, 0.5) is 11.4 Å². The molecule has 0 aromatic heterocycles. The summed E-state index contributed by atoms with van der Waals surface area (Å²) in [5.74, 6) is -0.301. The number of anilines is 2. The fourth-order valence-electron chi connectivity index (χ4n) is 3.85. The van der Waals surface area contributed by atoms with Crippen molar-refractivity contribution in [3.05, 3.63) is 59.7 Å². The SMILES string of the molecule is CCCN1C(=O)c2cccc(N3CCN(c4ccccc4)CC3)c2C1=O. The molecule has 2 aromatic rings. The van der Waals surface area contributed by atoms with Crippen molar-refractivity contribution in [1.82, 2.24) is 4.90 Å². The highest BCUT2D eigenvalue weighted by molar-refractivity contribution is 6.23. The van der Waals surface area contributed by atoms with Crippen molar-refractivity contribution < 1.29 is 9.59 Å². The minimum absolute atomic E-state index is 0.145. The number of carbonyl (C=O) groups is 2. The summed E-state index contributed by atoms with van der Waals surface area (Å²) in [6.45, 7) is 5.92. The van der Waals surface area contributed by atoms with Crippen LogP contribution in [0.2, 0.25) is 0 Å². The van der Waals surface area contributed by atoms with E-state index in [1.807, 2.05) is 25.1 Å². The number of rotatable bonds is 4. The van der Waals surface area contributed by atoms with Crippen LogP contribution in [0.1, 0.15) is 34.1 Å². The summed E-state index contributed by atoms with van der Waals surface area (Å²) in [6, 6.07) is 16.0. The van der Waals surface area contributed by atoms with Gasteiger partial charge in [0.05, 0.1) is 16.8 Å². The van der Waals surface area contributed by atoms with Crippen LogP contribution in [-0.2, 0) is 0 Å². The van der Waals surface area contributed by atoms with Crippen LogP contribution in [0.3, 0.4) is 0 Å². The van der Waals surface area contributed by atoms with E-state index >= 15 is 0 Å². The Morgan fingerprint density at radius 2 is 1.50 bits per heavy atom. The molecule has 134 valence electrons. The van der Waals surface area contributed by atoms with E-state index < -0.39 is 0 Å². The molecule has 5 heteroatoms. The molecule has 0 aliphatic carbocycles. The first-order valence-corrected chi connectivity index (χ1v) is 9.25. The summed E-state index contributed by atoms with van der Waals surface area (Å²) in [5, 5.41) is 0. The lowest BCUT2D eigenvalue weighted by Gasteiger charge is -2.38. The molecule has 4 rings (SSSR count). The van der Waals surface area contributed by atoms with Gasteiger partial charge in [-0.05, 0) is 30.7 Å². The van der Waals surface area contributed by atoms with Gasteiger partial charge in [0.15, 0.2) is 0 Å². The summed E-state index contributed by atoms with van der Waals surface area (Å²) >= 11 is 0. The van der Waals surface area contributed by atoms with Gasteiger partial charge >= 0.3 is 0 Å². The zero-order valence-electron chi connectivity index (χ0n) is 15.0. The van der Waals surface area contributed by atoms with Crippen molar-refractivity contribution in [1.29, 1.82) is 0 Å². The molecular formula is C21H23N3O2. The summed E-state index contributed by atoms with van der Waals surface area (Å²) in [7, 11) is 0. The summed E-state index contributed by atoms with van der Waals surface area (Å²) in [4.78, 5) is 31.3. The summed E-state index contributed by atoms with van der Waals surface area (Å²) in [5.41, 5.74) is 3.25. The number of nitrogens with zero attached hydrogens (tertiary/aromatic N) is 3. The molecule has 1 saturated heterocycles. The van der Waals surface area contributed by atoms with Gasteiger partial charge in [0.1, 0.15) is 0 Å². The Morgan fingerprint density at radius 3 is 2.19 bits per heavy atom. The largest absolute Gasteiger partial charge is 0.368 e. The van der Waals surface area contributed by atoms with Crippen molar-refractivity contribution in [2.45, 2.75) is 13.3 Å². The van der Waals surface area contributed by atoms with Gasteiger partial charge in [-0.2, -0.15) is 0 Å². The average molecular weight is 349 g/mol. The predicted octanol–water partition coefficient (Wildman–Crippen LogP) is 3.02. The number of fused-ring (bicyclic) bond motifs is 1. The standard InChI is InChI=1S/C21H23N3O2/c1-2-11-24-20(25)17-9-6-10-18(19(17)21(24)26)23-14-12-22(13-15-23)16-7-4-3-5-8-16/h3-10H,2,11-15H2,1H3. The van der Waals surface area contributed by atoms with E-state index in [1.165, 1.54) is 10.6 Å². The lowest BCUT2D eigenvalue weighted by molar-refractivity contribution is 0.0654. The van der Waals surface area contributed by atoms with Gasteiger partial charge in [0.2, 0.25) is 0 Å². The maximum atomic E-state index is 12.8. The Morgan fingerprint density at radius 1 is 0.808 bits per heavy atom. The third kappa shape index (κ3) is 2.73. The van der Waals surface area contributed by atoms with Gasteiger partial charge in [-0.25, -0.2) is 0 Å². The molecule has 26 heavy (non-hydrogen) atoms. The van der Waals surface area contributed by atoms with Crippen LogP contribution in [0.5, 0.6) is 0 Å². The zero-order valence-corrected chi connectivity index (χ0v) is 15.0. The summed E-state index contributed by atoms with van der Waals surface area (Å²) < 4.78 is 0. The number of para-hydroxylation sites is 1. The number of benzene rings is 2. The van der Waals surface area contributed by atoms with E-state index in [2.05, 4.69) is 34.1 Å². The molecule has 0 unspecified atom stereocenters. The summed E-state index contributed by atoms with van der Waals surface area (Å²) in [6.07, 6.45) is 0.774. The van der Waals surface area contributed by atoms with Crippen molar-refractivity contribution in [3.63, 3.8) is 0 Å². The fraction of sp³-hybridized carbons (Fsp3) is 0.333. The van der Waals surface area contributed by atoms with Crippen molar-refractivity contribution in [2.24, 2.45) is 0 Å². The van der Waals surface area contributed by atoms with Crippen molar-refractivity contribution >= 4 is 23.2 Å². The van der Waals surface area contributed by atoms with E-state index in [0.717, 1.165) is 38.3 Å². The lowest BCUT2D eigenvalue weighted by Crippen LogP contribution is -2.47. The predicted molar refractivity (Wildman–Crippen MR) is 103 cm³/mol. The molecule has 2 aliphatic heterocycles. The Labute approximate surface area is 153 Å². The van der Waals surface area contributed by atoms with E-state index in [4.69, 9.17) is 0 Å². The molecular weight excluding hydrogens is 326 g/mol. The molecule has 2 amide bonds. The molecule has 0 N–H and O–H groups in total. The van der Waals surface area contributed by atoms with Crippen molar-refractivity contribution in [2.75, 3.05) is 42.5 Å². The Balaban J connectivity index is 1.56. The van der Waals surface area contributed by atoms with Gasteiger partial charge in [0.25, 0.3) is 11.8 Å². The van der Waals surface area contributed by atoms with E-state index in [0.29, 0.717) is 17.7 Å². The molecule has 2 aliphatic rings. The number of hydrogen-bond donors (Lipinski definition) is 0. The lowest BCUT2D eigenvalue weighted by atomic mass is 10.1. The molecule has 0 radical (unpaired) electrons. The fourth-order valence-corrected chi connectivity index (χ4v) is 3.85. The maximum absolute atomic E-state index is 12.8. The number of imide groups is 1. The van der Waals surface area contributed by atoms with E-state index in [-0.39, 0.29) is 11.8 Å². The molecule has 5 nitrogen and oxygen atoms in total. The van der Waals surface area contributed by atoms with Crippen LogP contribution in [0, 0.1) is 0 Å². The maximum Gasteiger partial charge on any atom is 0.263 e. The van der Waals surface area contributed by atoms with Gasteiger partial charge in [0, 0.05) is 38.4 Å². The van der Waals surface area contributed by atoms with E-state index in [1.54, 1.807) is 6.07 Å². The molecule has 0 bridgehead atoms. The van der Waals surface area contributed by atoms with Crippen molar-refractivity contribution in [3.8, 4) is 0 Å². The first kappa shape index (κ1) is 16.6. The first-order valence-electron chi connectivity index (χ1n) is 9.25. The minimum Gasteiger partial charge on any atom is -0.368 e. The van der Waals surface area contributed by atoms with E-state index in [9.17, 15) is 9.59 Å². The minimum atomic E-state index is -0.156. The second-order valence-electron chi connectivity index (χ2n) is 6.77. The highest BCUT2D eigenvalue weighted by Crippen LogP contribution is 2.32. The number of carbonyl (C=O) groups excluding carboxylic acids is 2. The van der Waals surface area contributed by atoms with Crippen LogP contribution in [0.15, 0.2) is 48.5 Å². The Kier molecular flexibility index (Phi) is 4.37. The van der Waals surface area contributed by atoms with Gasteiger partial charge in [-0.1, -0.05) is 31.2 Å². The first-order chi connectivity index (χ1) is 12.7. The molecule has 2 heterocycles.